The minimum atomic E-state index is -0.585. The highest BCUT2D eigenvalue weighted by atomic mass is 127. The van der Waals surface area contributed by atoms with Crippen LogP contribution in [-0.4, -0.2) is 5.78 Å². The Morgan fingerprint density at radius 1 is 1.64 bits per heavy atom. The lowest BCUT2D eigenvalue weighted by molar-refractivity contribution is 0.0955. The van der Waals surface area contributed by atoms with Crippen LogP contribution in [0, 0.1) is 20.8 Å². The van der Waals surface area contributed by atoms with E-state index in [1.807, 2.05) is 18.2 Å². The van der Waals surface area contributed by atoms with Crippen molar-refractivity contribution in [3.05, 3.63) is 31.8 Å². The van der Waals surface area contributed by atoms with Gasteiger partial charge in [-0.05, 0) is 47.7 Å². The fourth-order valence-electron chi connectivity index (χ4n) is 0.978. The Morgan fingerprint density at radius 2 is 2.29 bits per heavy atom. The summed E-state index contributed by atoms with van der Waals surface area (Å²) >= 11 is 5.39. The molecule has 0 aliphatic carbocycles. The van der Waals surface area contributed by atoms with Gasteiger partial charge in [-0.25, -0.2) is 0 Å². The number of rotatable bonds is 2. The third-order valence-corrected chi connectivity index (χ3v) is 3.21. The van der Waals surface area contributed by atoms with Crippen molar-refractivity contribution >= 4 is 44.3 Å². The summed E-state index contributed by atoms with van der Waals surface area (Å²) in [4.78, 5) is 11.7. The van der Waals surface area contributed by atoms with E-state index < -0.39 is 5.92 Å². The first-order chi connectivity index (χ1) is 6.56. The van der Waals surface area contributed by atoms with E-state index in [0.717, 1.165) is 8.04 Å². The van der Waals surface area contributed by atoms with Crippen LogP contribution < -0.4 is 0 Å². The SMILES string of the molecule is CC(C#N)C(=O)c1cc(Br)ccc1I. The smallest absolute Gasteiger partial charge is 0.180 e. The molecule has 0 aliphatic heterocycles. The van der Waals surface area contributed by atoms with Crippen molar-refractivity contribution in [1.29, 1.82) is 5.26 Å². The molecule has 14 heavy (non-hydrogen) atoms. The summed E-state index contributed by atoms with van der Waals surface area (Å²) in [5.74, 6) is -0.712. The van der Waals surface area contributed by atoms with Crippen molar-refractivity contribution in [2.24, 2.45) is 5.92 Å². The van der Waals surface area contributed by atoms with E-state index in [-0.39, 0.29) is 5.78 Å². The number of nitriles is 1. The summed E-state index contributed by atoms with van der Waals surface area (Å²) in [6.07, 6.45) is 0. The molecular formula is C10H7BrINO. The van der Waals surface area contributed by atoms with Crippen LogP contribution in [0.25, 0.3) is 0 Å². The maximum Gasteiger partial charge on any atom is 0.180 e. The van der Waals surface area contributed by atoms with E-state index in [0.29, 0.717) is 5.56 Å². The number of hydrogen-bond donors (Lipinski definition) is 0. The maximum absolute atomic E-state index is 11.7. The Balaban J connectivity index is 3.14. The number of benzene rings is 1. The van der Waals surface area contributed by atoms with Crippen LogP contribution in [0.2, 0.25) is 0 Å². The molecule has 0 radical (unpaired) electrons. The zero-order valence-electron chi connectivity index (χ0n) is 7.42. The van der Waals surface area contributed by atoms with Crippen LogP contribution in [-0.2, 0) is 0 Å². The summed E-state index contributed by atoms with van der Waals surface area (Å²) in [6.45, 7) is 1.61. The highest BCUT2D eigenvalue weighted by Gasteiger charge is 2.17. The average molecular weight is 364 g/mol. The third kappa shape index (κ3) is 2.55. The largest absolute Gasteiger partial charge is 0.293 e. The van der Waals surface area contributed by atoms with E-state index >= 15 is 0 Å². The fraction of sp³-hybridized carbons (Fsp3) is 0.200. The molecule has 0 heterocycles. The zero-order valence-corrected chi connectivity index (χ0v) is 11.2. The Hall–Kier alpha value is -0.410. The predicted octanol–water partition coefficient (Wildman–Crippen LogP) is 3.40. The van der Waals surface area contributed by atoms with Gasteiger partial charge in [-0.3, -0.25) is 4.79 Å². The van der Waals surface area contributed by atoms with Gasteiger partial charge in [-0.1, -0.05) is 15.9 Å². The summed E-state index contributed by atoms with van der Waals surface area (Å²) in [5, 5.41) is 8.64. The molecule has 1 aromatic carbocycles. The molecule has 2 nitrogen and oxygen atoms in total. The van der Waals surface area contributed by atoms with Gasteiger partial charge in [0, 0.05) is 13.6 Å². The minimum absolute atomic E-state index is 0.127. The molecule has 1 atom stereocenters. The highest BCUT2D eigenvalue weighted by Crippen LogP contribution is 2.21. The predicted molar refractivity (Wildman–Crippen MR) is 66.0 cm³/mol. The number of Topliss-reactive ketones (excluding diaryl/α,β-unsaturated/α-hetero) is 1. The van der Waals surface area contributed by atoms with Crippen molar-refractivity contribution < 1.29 is 4.79 Å². The molecule has 0 bridgehead atoms. The first-order valence-electron chi connectivity index (χ1n) is 3.95. The molecule has 0 aliphatic rings. The zero-order chi connectivity index (χ0) is 10.7. The standard InChI is InChI=1S/C10H7BrINO/c1-6(5-13)10(14)8-4-7(11)2-3-9(8)12/h2-4,6H,1H3. The molecule has 0 fully saturated rings. The Bertz CT molecular complexity index is 411. The molecule has 0 saturated heterocycles. The number of carbonyl (C=O) groups excluding carboxylic acids is 1. The number of nitrogens with zero attached hydrogens (tertiary/aromatic N) is 1. The molecule has 1 aromatic rings. The van der Waals surface area contributed by atoms with Crippen LogP contribution in [0.1, 0.15) is 17.3 Å². The summed E-state index contributed by atoms with van der Waals surface area (Å²) in [6, 6.07) is 7.41. The summed E-state index contributed by atoms with van der Waals surface area (Å²) in [5.41, 5.74) is 0.606. The monoisotopic (exact) mass is 363 g/mol. The van der Waals surface area contributed by atoms with Gasteiger partial charge in [0.2, 0.25) is 0 Å². The van der Waals surface area contributed by atoms with Gasteiger partial charge in [0.05, 0.1) is 6.07 Å². The molecule has 0 aromatic heterocycles. The molecule has 4 heteroatoms. The number of carbonyl (C=O) groups is 1. The Kier molecular flexibility index (Phi) is 4.08. The van der Waals surface area contributed by atoms with Gasteiger partial charge in [0.1, 0.15) is 5.92 Å². The lowest BCUT2D eigenvalue weighted by Crippen LogP contribution is -2.10. The Morgan fingerprint density at radius 3 is 2.86 bits per heavy atom. The van der Waals surface area contributed by atoms with Crippen molar-refractivity contribution in [2.75, 3.05) is 0 Å². The number of halogens is 2. The lowest BCUT2D eigenvalue weighted by atomic mass is 10.0. The normalized spacial score (nSPS) is 11.9. The number of ketones is 1. The van der Waals surface area contributed by atoms with Crippen LogP contribution in [0.4, 0.5) is 0 Å². The van der Waals surface area contributed by atoms with E-state index in [1.54, 1.807) is 13.0 Å². The van der Waals surface area contributed by atoms with Crippen LogP contribution >= 0.6 is 38.5 Å². The van der Waals surface area contributed by atoms with E-state index in [4.69, 9.17) is 5.26 Å². The van der Waals surface area contributed by atoms with E-state index in [1.165, 1.54) is 0 Å². The first kappa shape index (κ1) is 11.7. The quantitative estimate of drug-likeness (QED) is 0.596. The van der Waals surface area contributed by atoms with Gasteiger partial charge < -0.3 is 0 Å². The van der Waals surface area contributed by atoms with Gasteiger partial charge in [0.15, 0.2) is 5.78 Å². The molecule has 0 amide bonds. The molecule has 0 N–H and O–H groups in total. The van der Waals surface area contributed by atoms with E-state index in [9.17, 15) is 4.79 Å². The lowest BCUT2D eigenvalue weighted by Gasteiger charge is -2.05. The fourth-order valence-corrected chi connectivity index (χ4v) is 1.94. The molecule has 1 rings (SSSR count). The number of hydrogen-bond acceptors (Lipinski definition) is 2. The maximum atomic E-state index is 11.7. The highest BCUT2D eigenvalue weighted by molar-refractivity contribution is 14.1. The second-order valence-electron chi connectivity index (χ2n) is 2.84. The second kappa shape index (κ2) is 4.89. The van der Waals surface area contributed by atoms with Crippen molar-refractivity contribution in [1.82, 2.24) is 0 Å². The minimum Gasteiger partial charge on any atom is -0.293 e. The van der Waals surface area contributed by atoms with Gasteiger partial charge in [-0.2, -0.15) is 5.26 Å². The summed E-state index contributed by atoms with van der Waals surface area (Å²) < 4.78 is 1.73. The Labute approximate surface area is 105 Å². The van der Waals surface area contributed by atoms with Crippen molar-refractivity contribution in [2.45, 2.75) is 6.92 Å². The molecule has 0 saturated carbocycles. The molecule has 1 unspecified atom stereocenters. The van der Waals surface area contributed by atoms with Crippen LogP contribution in [0.15, 0.2) is 22.7 Å². The second-order valence-corrected chi connectivity index (χ2v) is 4.92. The molecule has 72 valence electrons. The molecular weight excluding hydrogens is 357 g/mol. The van der Waals surface area contributed by atoms with Gasteiger partial charge in [0.25, 0.3) is 0 Å². The van der Waals surface area contributed by atoms with Gasteiger partial charge in [-0.15, -0.1) is 0 Å². The average Bonchev–Trinajstić information content (AvgIpc) is 2.19. The summed E-state index contributed by atoms with van der Waals surface area (Å²) in [7, 11) is 0. The van der Waals surface area contributed by atoms with Crippen molar-refractivity contribution in [3.63, 3.8) is 0 Å². The van der Waals surface area contributed by atoms with Crippen LogP contribution in [0.5, 0.6) is 0 Å². The first-order valence-corrected chi connectivity index (χ1v) is 5.82. The third-order valence-electron chi connectivity index (χ3n) is 1.78. The van der Waals surface area contributed by atoms with Crippen LogP contribution in [0.3, 0.4) is 0 Å². The van der Waals surface area contributed by atoms with Gasteiger partial charge >= 0.3 is 0 Å². The topological polar surface area (TPSA) is 40.9 Å². The molecule has 0 spiro atoms. The van der Waals surface area contributed by atoms with E-state index in [2.05, 4.69) is 38.5 Å². The van der Waals surface area contributed by atoms with Crippen molar-refractivity contribution in [3.8, 4) is 6.07 Å².